The maximum atomic E-state index is 10.6. The van der Waals surface area contributed by atoms with Crippen LogP contribution in [0.2, 0.25) is 10.0 Å². The molecule has 0 spiro atoms. The Kier molecular flexibility index (Phi) is 7.04. The van der Waals surface area contributed by atoms with Crippen molar-refractivity contribution in [2.24, 2.45) is 5.73 Å². The lowest BCUT2D eigenvalue weighted by Gasteiger charge is -2.15. The topological polar surface area (TPSA) is 105 Å². The fourth-order valence-corrected chi connectivity index (χ4v) is 1.79. The Morgan fingerprint density at radius 1 is 1.35 bits per heavy atom. The number of amides is 1. The molecule has 1 aromatic carbocycles. The largest absolute Gasteiger partial charge is 0.489 e. The predicted octanol–water partition coefficient (Wildman–Crippen LogP) is 0.169. The molecule has 0 saturated carbocycles. The van der Waals surface area contributed by atoms with Crippen LogP contribution >= 0.6 is 23.2 Å². The van der Waals surface area contributed by atoms with Gasteiger partial charge in [0.1, 0.15) is 24.6 Å². The van der Waals surface area contributed by atoms with Crippen LogP contribution in [0.5, 0.6) is 5.75 Å². The Hall–Kier alpha value is -1.05. The van der Waals surface area contributed by atoms with Gasteiger partial charge in [0, 0.05) is 18.1 Å². The van der Waals surface area contributed by atoms with E-state index in [-0.39, 0.29) is 19.7 Å². The zero-order valence-corrected chi connectivity index (χ0v) is 12.1. The van der Waals surface area contributed by atoms with Crippen LogP contribution in [0.3, 0.4) is 0 Å². The number of rotatable bonds is 8. The number of aliphatic hydroxyl groups excluding tert-OH is 2. The third-order valence-corrected chi connectivity index (χ3v) is 2.90. The van der Waals surface area contributed by atoms with Crippen LogP contribution in [0.15, 0.2) is 18.2 Å². The Labute approximate surface area is 126 Å². The van der Waals surface area contributed by atoms with Gasteiger partial charge in [0.05, 0.1) is 5.02 Å². The van der Waals surface area contributed by atoms with Crippen LogP contribution < -0.4 is 15.8 Å². The highest BCUT2D eigenvalue weighted by molar-refractivity contribution is 6.35. The second-order valence-corrected chi connectivity index (χ2v) is 4.96. The summed E-state index contributed by atoms with van der Waals surface area (Å²) in [4.78, 5) is 10.6. The van der Waals surface area contributed by atoms with E-state index in [0.717, 1.165) is 0 Å². The van der Waals surface area contributed by atoms with Gasteiger partial charge in [-0.25, -0.2) is 0 Å². The summed E-state index contributed by atoms with van der Waals surface area (Å²) in [7, 11) is 0. The molecule has 2 unspecified atom stereocenters. The Bertz CT molecular complexity index is 459. The lowest BCUT2D eigenvalue weighted by atomic mass is 10.3. The highest BCUT2D eigenvalue weighted by Gasteiger charge is 2.12. The van der Waals surface area contributed by atoms with Crippen LogP contribution in [-0.2, 0) is 4.79 Å². The molecule has 1 aromatic rings. The SMILES string of the molecule is NC(=O)C(O)CNCC(O)COc1ccc(Cl)cc1Cl. The number of benzene rings is 1. The van der Waals surface area contributed by atoms with Gasteiger partial charge >= 0.3 is 0 Å². The third kappa shape index (κ3) is 5.94. The average Bonchev–Trinajstić information content (AvgIpc) is 2.37. The zero-order valence-electron chi connectivity index (χ0n) is 10.6. The molecule has 0 aromatic heterocycles. The van der Waals surface area contributed by atoms with Crippen molar-refractivity contribution in [3.05, 3.63) is 28.2 Å². The van der Waals surface area contributed by atoms with Crippen molar-refractivity contribution >= 4 is 29.1 Å². The van der Waals surface area contributed by atoms with Gasteiger partial charge < -0.3 is 26.0 Å². The van der Waals surface area contributed by atoms with Crippen LogP contribution in [0.25, 0.3) is 0 Å². The van der Waals surface area contributed by atoms with Gasteiger partial charge in [-0.1, -0.05) is 23.2 Å². The monoisotopic (exact) mass is 322 g/mol. The lowest BCUT2D eigenvalue weighted by molar-refractivity contribution is -0.125. The van der Waals surface area contributed by atoms with Crippen molar-refractivity contribution in [3.8, 4) is 5.75 Å². The van der Waals surface area contributed by atoms with Crippen molar-refractivity contribution in [1.82, 2.24) is 5.32 Å². The molecular weight excluding hydrogens is 307 g/mol. The number of primary amides is 1. The van der Waals surface area contributed by atoms with E-state index in [9.17, 15) is 9.90 Å². The summed E-state index contributed by atoms with van der Waals surface area (Å²) < 4.78 is 5.32. The molecular formula is C12H16Cl2N2O4. The van der Waals surface area contributed by atoms with Gasteiger partial charge in [-0.15, -0.1) is 0 Å². The highest BCUT2D eigenvalue weighted by atomic mass is 35.5. The number of aliphatic hydroxyl groups is 2. The summed E-state index contributed by atoms with van der Waals surface area (Å²) in [5.41, 5.74) is 4.87. The third-order valence-electron chi connectivity index (χ3n) is 2.37. The summed E-state index contributed by atoms with van der Waals surface area (Å²) in [6.45, 7) is 0.102. The van der Waals surface area contributed by atoms with Gasteiger partial charge in [-0.3, -0.25) is 4.79 Å². The number of carbonyl (C=O) groups is 1. The van der Waals surface area contributed by atoms with E-state index >= 15 is 0 Å². The number of halogens is 2. The van der Waals surface area contributed by atoms with E-state index < -0.39 is 18.1 Å². The van der Waals surface area contributed by atoms with Crippen LogP contribution in [-0.4, -0.2) is 48.0 Å². The predicted molar refractivity (Wildman–Crippen MR) is 76.0 cm³/mol. The van der Waals surface area contributed by atoms with E-state index in [4.69, 9.17) is 38.8 Å². The number of nitrogens with one attached hydrogen (secondary N) is 1. The van der Waals surface area contributed by atoms with Gasteiger partial charge in [0.15, 0.2) is 0 Å². The molecule has 0 heterocycles. The molecule has 20 heavy (non-hydrogen) atoms. The molecule has 0 aliphatic carbocycles. The van der Waals surface area contributed by atoms with Crippen LogP contribution in [0.4, 0.5) is 0 Å². The molecule has 0 aliphatic heterocycles. The number of ether oxygens (including phenoxy) is 1. The lowest BCUT2D eigenvalue weighted by Crippen LogP contribution is -2.41. The summed E-state index contributed by atoms with van der Waals surface area (Å²) in [6, 6.07) is 4.75. The van der Waals surface area contributed by atoms with Gasteiger partial charge in [0.2, 0.25) is 5.91 Å². The van der Waals surface area contributed by atoms with Crippen molar-refractivity contribution in [3.63, 3.8) is 0 Å². The Morgan fingerprint density at radius 2 is 2.05 bits per heavy atom. The average molecular weight is 323 g/mol. The standard InChI is InChI=1S/C12H16Cl2N2O4/c13-7-1-2-11(9(14)3-7)20-6-8(17)4-16-5-10(18)12(15)19/h1-3,8,10,16-18H,4-6H2,(H2,15,19). The van der Waals surface area contributed by atoms with Gasteiger partial charge in [-0.05, 0) is 18.2 Å². The van der Waals surface area contributed by atoms with Crippen LogP contribution in [0.1, 0.15) is 0 Å². The van der Waals surface area contributed by atoms with E-state index in [0.29, 0.717) is 15.8 Å². The first-order valence-electron chi connectivity index (χ1n) is 5.84. The smallest absolute Gasteiger partial charge is 0.247 e. The van der Waals surface area contributed by atoms with Crippen molar-refractivity contribution in [2.45, 2.75) is 12.2 Å². The first-order valence-corrected chi connectivity index (χ1v) is 6.59. The fourth-order valence-electron chi connectivity index (χ4n) is 1.32. The van der Waals surface area contributed by atoms with E-state index in [2.05, 4.69) is 5.32 Å². The molecule has 0 aliphatic rings. The van der Waals surface area contributed by atoms with Crippen LogP contribution in [0, 0.1) is 0 Å². The second kappa shape index (κ2) is 8.28. The summed E-state index contributed by atoms with van der Waals surface area (Å²) in [5.74, 6) is -0.413. The molecule has 1 rings (SSSR count). The normalized spacial score (nSPS) is 13.8. The zero-order chi connectivity index (χ0) is 15.1. The Morgan fingerprint density at radius 3 is 2.65 bits per heavy atom. The molecule has 8 heteroatoms. The molecule has 5 N–H and O–H groups in total. The molecule has 2 atom stereocenters. The molecule has 1 amide bonds. The van der Waals surface area contributed by atoms with Crippen molar-refractivity contribution < 1.29 is 19.7 Å². The molecule has 0 radical (unpaired) electrons. The highest BCUT2D eigenvalue weighted by Crippen LogP contribution is 2.27. The Balaban J connectivity index is 2.29. The fraction of sp³-hybridized carbons (Fsp3) is 0.417. The quantitative estimate of drug-likeness (QED) is 0.546. The minimum Gasteiger partial charge on any atom is -0.489 e. The van der Waals surface area contributed by atoms with E-state index in [1.54, 1.807) is 12.1 Å². The number of hydrogen-bond acceptors (Lipinski definition) is 5. The van der Waals surface area contributed by atoms with E-state index in [1.807, 2.05) is 0 Å². The minimum atomic E-state index is -1.28. The summed E-state index contributed by atoms with van der Waals surface area (Å²) in [5, 5.41) is 22.3. The summed E-state index contributed by atoms with van der Waals surface area (Å²) >= 11 is 11.6. The maximum Gasteiger partial charge on any atom is 0.247 e. The molecule has 6 nitrogen and oxygen atoms in total. The summed E-state index contributed by atoms with van der Waals surface area (Å²) in [6.07, 6.45) is -2.12. The van der Waals surface area contributed by atoms with E-state index in [1.165, 1.54) is 6.07 Å². The van der Waals surface area contributed by atoms with Crippen molar-refractivity contribution in [2.75, 3.05) is 19.7 Å². The minimum absolute atomic E-state index is 0.00101. The molecule has 112 valence electrons. The number of carbonyl (C=O) groups excluding carboxylic acids is 1. The molecule has 0 fully saturated rings. The number of hydrogen-bond donors (Lipinski definition) is 4. The molecule has 0 saturated heterocycles. The first-order chi connectivity index (χ1) is 9.40. The maximum absolute atomic E-state index is 10.6. The van der Waals surface area contributed by atoms with Gasteiger partial charge in [-0.2, -0.15) is 0 Å². The van der Waals surface area contributed by atoms with Gasteiger partial charge in [0.25, 0.3) is 0 Å². The first kappa shape index (κ1) is 17.0. The molecule has 0 bridgehead atoms. The number of nitrogens with two attached hydrogens (primary N) is 1. The van der Waals surface area contributed by atoms with Crippen molar-refractivity contribution in [1.29, 1.82) is 0 Å². The second-order valence-electron chi connectivity index (χ2n) is 4.12.